The number of sulfonamides is 1. The molecule has 9 heteroatoms. The summed E-state index contributed by atoms with van der Waals surface area (Å²) in [5.41, 5.74) is -0.398. The van der Waals surface area contributed by atoms with Crippen LogP contribution in [0, 0.1) is 12.7 Å². The molecule has 1 atom stereocenters. The molecule has 0 fully saturated rings. The van der Waals surface area contributed by atoms with E-state index < -0.39 is 38.1 Å². The van der Waals surface area contributed by atoms with Gasteiger partial charge in [-0.2, -0.15) is 0 Å². The number of aryl methyl sites for hydroxylation is 1. The molecule has 0 aromatic heterocycles. The Morgan fingerprint density at radius 2 is 2.05 bits per heavy atom. The van der Waals surface area contributed by atoms with Crippen LogP contribution in [0.2, 0.25) is 0 Å². The van der Waals surface area contributed by atoms with E-state index in [1.165, 1.54) is 6.92 Å². The second-order valence-electron chi connectivity index (χ2n) is 4.34. The molecule has 118 valence electrons. The molecule has 21 heavy (non-hydrogen) atoms. The second kappa shape index (κ2) is 7.10. The molecule has 1 aromatic rings. The molecule has 0 bridgehead atoms. The van der Waals surface area contributed by atoms with Crippen LogP contribution in [0.5, 0.6) is 0 Å². The smallest absolute Gasteiger partial charge is 0.254 e. The van der Waals surface area contributed by atoms with Crippen LogP contribution in [0.15, 0.2) is 17.0 Å². The van der Waals surface area contributed by atoms with E-state index in [0.29, 0.717) is 5.75 Å². The van der Waals surface area contributed by atoms with Crippen molar-refractivity contribution in [1.82, 2.24) is 5.32 Å². The maximum absolute atomic E-state index is 13.9. The third-order valence-corrected chi connectivity index (χ3v) is 4.93. The van der Waals surface area contributed by atoms with Gasteiger partial charge in [0.15, 0.2) is 0 Å². The predicted octanol–water partition coefficient (Wildman–Crippen LogP) is 0.280. The van der Waals surface area contributed by atoms with E-state index in [9.17, 15) is 21.8 Å². The summed E-state index contributed by atoms with van der Waals surface area (Å²) in [6, 6.07) is 1.96. The van der Waals surface area contributed by atoms with Crippen molar-refractivity contribution < 1.29 is 21.8 Å². The summed E-state index contributed by atoms with van der Waals surface area (Å²) in [7, 11) is -5.08. The molecular weight excluding hydrogens is 319 g/mol. The van der Waals surface area contributed by atoms with E-state index in [1.807, 2.05) is 0 Å². The molecule has 0 aliphatic carbocycles. The van der Waals surface area contributed by atoms with Crippen molar-refractivity contribution in [2.75, 3.05) is 18.1 Å². The first kappa shape index (κ1) is 17.7. The van der Waals surface area contributed by atoms with Gasteiger partial charge in [-0.3, -0.25) is 9.00 Å². The maximum Gasteiger partial charge on any atom is 0.254 e. The van der Waals surface area contributed by atoms with Crippen LogP contribution in [0.1, 0.15) is 22.8 Å². The van der Waals surface area contributed by atoms with Crippen LogP contribution in [-0.2, 0) is 20.8 Å². The molecule has 1 unspecified atom stereocenters. The van der Waals surface area contributed by atoms with Crippen molar-refractivity contribution in [3.8, 4) is 0 Å². The van der Waals surface area contributed by atoms with Crippen LogP contribution in [0.4, 0.5) is 4.39 Å². The molecule has 0 spiro atoms. The predicted molar refractivity (Wildman–Crippen MR) is 78.4 cm³/mol. The summed E-state index contributed by atoms with van der Waals surface area (Å²) < 4.78 is 47.7. The van der Waals surface area contributed by atoms with Gasteiger partial charge in [0.05, 0.1) is 10.5 Å². The van der Waals surface area contributed by atoms with Crippen LogP contribution in [-0.4, -0.2) is 36.6 Å². The SMILES string of the molecule is CCS(=O)CCNC(=O)c1cc(S(N)(=O)=O)cc(C)c1F. The van der Waals surface area contributed by atoms with Crippen molar-refractivity contribution in [1.29, 1.82) is 0 Å². The zero-order valence-corrected chi connectivity index (χ0v) is 13.3. The van der Waals surface area contributed by atoms with Crippen LogP contribution < -0.4 is 10.5 Å². The lowest BCUT2D eigenvalue weighted by molar-refractivity contribution is 0.0951. The van der Waals surface area contributed by atoms with E-state index in [4.69, 9.17) is 5.14 Å². The molecule has 1 rings (SSSR count). The third kappa shape index (κ3) is 4.87. The number of hydrogen-bond acceptors (Lipinski definition) is 4. The molecule has 3 N–H and O–H groups in total. The number of halogens is 1. The van der Waals surface area contributed by atoms with Crippen molar-refractivity contribution in [3.63, 3.8) is 0 Å². The average Bonchev–Trinajstić information content (AvgIpc) is 2.39. The van der Waals surface area contributed by atoms with Crippen molar-refractivity contribution in [2.45, 2.75) is 18.7 Å². The fourth-order valence-corrected chi connectivity index (χ4v) is 2.83. The minimum Gasteiger partial charge on any atom is -0.351 e. The lowest BCUT2D eigenvalue weighted by Crippen LogP contribution is -2.29. The Labute approximate surface area is 125 Å². The topological polar surface area (TPSA) is 106 Å². The summed E-state index contributed by atoms with van der Waals surface area (Å²) in [5, 5.41) is 7.38. The second-order valence-corrected chi connectivity index (χ2v) is 7.76. The van der Waals surface area contributed by atoms with Gasteiger partial charge in [-0.15, -0.1) is 0 Å². The first-order valence-electron chi connectivity index (χ1n) is 6.13. The standard InChI is InChI=1S/C12H17FN2O4S2/c1-3-20(17)5-4-15-12(16)10-7-9(21(14,18)19)6-8(2)11(10)13/h6-7H,3-5H2,1-2H3,(H,15,16)(H2,14,18,19). The van der Waals surface area contributed by atoms with Crippen molar-refractivity contribution >= 4 is 26.7 Å². The molecule has 1 amide bonds. The van der Waals surface area contributed by atoms with Crippen molar-refractivity contribution in [2.24, 2.45) is 5.14 Å². The van der Waals surface area contributed by atoms with Crippen LogP contribution in [0.3, 0.4) is 0 Å². The number of rotatable bonds is 6. The monoisotopic (exact) mass is 336 g/mol. The number of carbonyl (C=O) groups is 1. The van der Waals surface area contributed by atoms with Gasteiger partial charge in [-0.05, 0) is 24.6 Å². The molecular formula is C12H17FN2O4S2. The quantitative estimate of drug-likeness (QED) is 0.778. The van der Waals surface area contributed by atoms with Crippen molar-refractivity contribution in [3.05, 3.63) is 29.1 Å². The first-order valence-corrected chi connectivity index (χ1v) is 9.16. The molecule has 0 aliphatic rings. The minimum atomic E-state index is -4.03. The number of carbonyl (C=O) groups excluding carboxylic acids is 1. The molecule has 0 heterocycles. The Bertz CT molecular complexity index is 674. The zero-order chi connectivity index (χ0) is 16.2. The lowest BCUT2D eigenvalue weighted by atomic mass is 10.1. The molecule has 1 aromatic carbocycles. The summed E-state index contributed by atoms with van der Waals surface area (Å²) >= 11 is 0. The number of amides is 1. The van der Waals surface area contributed by atoms with E-state index >= 15 is 0 Å². The summed E-state index contributed by atoms with van der Waals surface area (Å²) in [6.07, 6.45) is 0. The lowest BCUT2D eigenvalue weighted by Gasteiger charge is -2.09. The number of nitrogens with one attached hydrogen (secondary N) is 1. The van der Waals surface area contributed by atoms with Gasteiger partial charge < -0.3 is 5.32 Å². The number of nitrogens with two attached hydrogens (primary N) is 1. The van der Waals surface area contributed by atoms with Gasteiger partial charge in [0, 0.05) is 28.9 Å². The van der Waals surface area contributed by atoms with E-state index in [0.717, 1.165) is 12.1 Å². The summed E-state index contributed by atoms with van der Waals surface area (Å²) in [4.78, 5) is 11.6. The van der Waals surface area contributed by atoms with Gasteiger partial charge in [0.25, 0.3) is 5.91 Å². The minimum absolute atomic E-state index is 0.00353. The van der Waals surface area contributed by atoms with E-state index in [-0.39, 0.29) is 22.8 Å². The summed E-state index contributed by atoms with van der Waals surface area (Å²) in [6.45, 7) is 3.20. The highest BCUT2D eigenvalue weighted by Gasteiger charge is 2.19. The highest BCUT2D eigenvalue weighted by Crippen LogP contribution is 2.18. The van der Waals surface area contributed by atoms with Gasteiger partial charge in [-0.1, -0.05) is 6.92 Å². The number of benzene rings is 1. The van der Waals surface area contributed by atoms with Gasteiger partial charge >= 0.3 is 0 Å². The first-order chi connectivity index (χ1) is 9.66. The maximum atomic E-state index is 13.9. The highest BCUT2D eigenvalue weighted by atomic mass is 32.2. The highest BCUT2D eigenvalue weighted by molar-refractivity contribution is 7.89. The molecule has 6 nitrogen and oxygen atoms in total. The Morgan fingerprint density at radius 3 is 2.57 bits per heavy atom. The van der Waals surface area contributed by atoms with E-state index in [2.05, 4.69) is 5.32 Å². The Balaban J connectivity index is 2.99. The van der Waals surface area contributed by atoms with E-state index in [1.54, 1.807) is 6.92 Å². The zero-order valence-electron chi connectivity index (χ0n) is 11.7. The fraction of sp³-hybridized carbons (Fsp3) is 0.417. The molecule has 0 saturated carbocycles. The fourth-order valence-electron chi connectivity index (χ4n) is 1.58. The van der Waals surface area contributed by atoms with Gasteiger partial charge in [0.2, 0.25) is 10.0 Å². The Kier molecular flexibility index (Phi) is 5.99. The Hall–Kier alpha value is -1.32. The largest absolute Gasteiger partial charge is 0.351 e. The Morgan fingerprint density at radius 1 is 1.43 bits per heavy atom. The molecule has 0 saturated heterocycles. The number of hydrogen-bond donors (Lipinski definition) is 2. The normalized spacial score (nSPS) is 13.0. The van der Waals surface area contributed by atoms with Crippen LogP contribution >= 0.6 is 0 Å². The third-order valence-electron chi connectivity index (χ3n) is 2.74. The van der Waals surface area contributed by atoms with Gasteiger partial charge in [0.1, 0.15) is 5.82 Å². The van der Waals surface area contributed by atoms with Crippen LogP contribution in [0.25, 0.3) is 0 Å². The summed E-state index contributed by atoms with van der Waals surface area (Å²) in [5.74, 6) is -0.868. The molecule has 0 aliphatic heterocycles. The average molecular weight is 336 g/mol. The number of primary sulfonamides is 1. The molecule has 0 radical (unpaired) electrons. The van der Waals surface area contributed by atoms with Gasteiger partial charge in [-0.25, -0.2) is 17.9 Å².